The van der Waals surface area contributed by atoms with Crippen LogP contribution in [0.15, 0.2) is 88.9 Å². The van der Waals surface area contributed by atoms with Gasteiger partial charge in [-0.05, 0) is 53.3 Å². The average Bonchev–Trinajstić information content (AvgIpc) is 2.84. The van der Waals surface area contributed by atoms with E-state index in [9.17, 15) is 13.2 Å². The van der Waals surface area contributed by atoms with E-state index in [0.717, 1.165) is 28.7 Å². The van der Waals surface area contributed by atoms with E-state index < -0.39 is 15.8 Å². The molecule has 6 nitrogen and oxygen atoms in total. The van der Waals surface area contributed by atoms with E-state index >= 15 is 0 Å². The molecule has 0 radical (unpaired) electrons. The lowest BCUT2D eigenvalue weighted by molar-refractivity contribution is -0.149. The fourth-order valence-corrected chi connectivity index (χ4v) is 4.37. The number of fused-ring (bicyclic) bond motifs is 1. The maximum absolute atomic E-state index is 12.2. The van der Waals surface area contributed by atoms with E-state index in [2.05, 4.69) is 11.2 Å². The Kier molecular flexibility index (Phi) is 7.35. The summed E-state index contributed by atoms with van der Waals surface area (Å²) in [6.07, 6.45) is 4.51. The van der Waals surface area contributed by atoms with E-state index in [1.54, 1.807) is 24.3 Å². The molecule has 1 aliphatic carbocycles. The quantitative estimate of drug-likeness (QED) is 0.366. The van der Waals surface area contributed by atoms with E-state index in [1.165, 1.54) is 11.8 Å². The Hall–Kier alpha value is -3.55. The molecule has 0 spiro atoms. The second-order valence-electron chi connectivity index (χ2n) is 8.04. The summed E-state index contributed by atoms with van der Waals surface area (Å²) >= 11 is 0. The number of ether oxygens (including phenoxy) is 1. The molecule has 0 unspecified atom stereocenters. The second-order valence-corrected chi connectivity index (χ2v) is 10.1. The van der Waals surface area contributed by atoms with Crippen LogP contribution in [0.3, 0.4) is 0 Å². The lowest BCUT2D eigenvalue weighted by atomic mass is 9.85. The molecule has 0 saturated heterocycles. The number of sulfone groups is 1. The molecule has 0 saturated carbocycles. The summed E-state index contributed by atoms with van der Waals surface area (Å²) in [5.41, 5.74) is 5.48. The molecular formula is C27H25NO5S. The first-order valence-electron chi connectivity index (χ1n) is 10.9. The van der Waals surface area contributed by atoms with Gasteiger partial charge in [0, 0.05) is 11.8 Å². The zero-order valence-corrected chi connectivity index (χ0v) is 19.6. The van der Waals surface area contributed by atoms with Gasteiger partial charge in [-0.3, -0.25) is 0 Å². The van der Waals surface area contributed by atoms with Gasteiger partial charge in [-0.1, -0.05) is 71.9 Å². The van der Waals surface area contributed by atoms with Crippen LogP contribution in [0.2, 0.25) is 0 Å². The number of benzene rings is 3. The summed E-state index contributed by atoms with van der Waals surface area (Å²) in [4.78, 5) is 17.6. The molecule has 0 fully saturated rings. The molecule has 3 aromatic rings. The van der Waals surface area contributed by atoms with Crippen molar-refractivity contribution in [3.63, 3.8) is 0 Å². The largest absolute Gasteiger partial charge is 0.365 e. The van der Waals surface area contributed by atoms with Crippen molar-refractivity contribution in [1.29, 1.82) is 0 Å². The molecule has 0 amide bonds. The first-order valence-corrected chi connectivity index (χ1v) is 12.8. The third kappa shape index (κ3) is 6.07. The number of nitrogens with zero attached hydrogens (tertiary/aromatic N) is 1. The van der Waals surface area contributed by atoms with Crippen LogP contribution in [-0.2, 0) is 37.2 Å². The number of carbonyl (C=O) groups is 1. The normalized spacial score (nSPS) is 15.8. The maximum Gasteiger partial charge on any atom is 0.360 e. The smallest absolute Gasteiger partial charge is 0.360 e. The number of hydrogen-bond donors (Lipinski definition) is 0. The Morgan fingerprint density at radius 1 is 0.941 bits per heavy atom. The summed E-state index contributed by atoms with van der Waals surface area (Å²) in [7, 11) is -3.27. The van der Waals surface area contributed by atoms with Crippen LogP contribution in [-0.4, -0.2) is 33.0 Å². The number of allylic oxidation sites excluding steroid dienone is 1. The summed E-state index contributed by atoms with van der Waals surface area (Å²) < 4.78 is 29.0. The van der Waals surface area contributed by atoms with Crippen molar-refractivity contribution >= 4 is 33.2 Å². The monoisotopic (exact) mass is 475 g/mol. The lowest BCUT2D eigenvalue weighted by Gasteiger charge is -2.20. The maximum atomic E-state index is 12.2. The van der Waals surface area contributed by atoms with Crippen molar-refractivity contribution in [2.75, 3.05) is 12.9 Å². The van der Waals surface area contributed by atoms with E-state index in [-0.39, 0.29) is 11.5 Å². The van der Waals surface area contributed by atoms with E-state index in [1.807, 2.05) is 54.6 Å². The van der Waals surface area contributed by atoms with Crippen LogP contribution < -0.4 is 0 Å². The third-order valence-electron chi connectivity index (χ3n) is 5.46. The topological polar surface area (TPSA) is 82.0 Å². The van der Waals surface area contributed by atoms with Gasteiger partial charge in [0.15, 0.2) is 9.84 Å². The zero-order valence-electron chi connectivity index (χ0n) is 18.8. The highest BCUT2D eigenvalue weighted by molar-refractivity contribution is 7.90. The second kappa shape index (κ2) is 10.6. The number of oxime groups is 1. The molecule has 3 aromatic carbocycles. The Balaban J connectivity index is 1.51. The van der Waals surface area contributed by atoms with Gasteiger partial charge >= 0.3 is 5.97 Å². The van der Waals surface area contributed by atoms with Crippen LogP contribution >= 0.6 is 0 Å². The van der Waals surface area contributed by atoms with Crippen molar-refractivity contribution < 1.29 is 22.8 Å². The standard InChI is InChI=1S/C27H25NO5S/c1-34(30,31)23-14-11-20(12-15-23)17-25-24-10-6-5-9-22(24)13-16-26(25)28-33-27(29)19-32-18-21-7-3-2-4-8-21/h2-12,14-15,17H,13,16,18-19H2,1H3/b25-17?,28-26+. The molecule has 0 heterocycles. The number of aryl methyl sites for hydroxylation is 1. The van der Waals surface area contributed by atoms with Crippen LogP contribution in [0.25, 0.3) is 11.6 Å². The van der Waals surface area contributed by atoms with Gasteiger partial charge in [0.2, 0.25) is 0 Å². The molecule has 174 valence electrons. The Morgan fingerprint density at radius 3 is 2.38 bits per heavy atom. The fourth-order valence-electron chi connectivity index (χ4n) is 3.74. The van der Waals surface area contributed by atoms with Gasteiger partial charge in [0.05, 0.1) is 17.2 Å². The zero-order chi connectivity index (χ0) is 24.0. The first kappa shape index (κ1) is 23.6. The Morgan fingerprint density at radius 2 is 1.65 bits per heavy atom. The third-order valence-corrected chi connectivity index (χ3v) is 6.59. The van der Waals surface area contributed by atoms with Gasteiger partial charge in [0.25, 0.3) is 0 Å². The highest BCUT2D eigenvalue weighted by Crippen LogP contribution is 2.31. The van der Waals surface area contributed by atoms with Gasteiger partial charge in [-0.2, -0.15) is 0 Å². The first-order chi connectivity index (χ1) is 16.4. The molecule has 0 atom stereocenters. The highest BCUT2D eigenvalue weighted by atomic mass is 32.2. The van der Waals surface area contributed by atoms with Crippen molar-refractivity contribution in [3.05, 3.63) is 101 Å². The number of rotatable bonds is 7. The lowest BCUT2D eigenvalue weighted by Crippen LogP contribution is -2.16. The van der Waals surface area contributed by atoms with Crippen LogP contribution in [0.5, 0.6) is 0 Å². The molecule has 0 aromatic heterocycles. The van der Waals surface area contributed by atoms with Crippen LogP contribution in [0, 0.1) is 0 Å². The van der Waals surface area contributed by atoms with Crippen LogP contribution in [0.1, 0.15) is 28.7 Å². The highest BCUT2D eigenvalue weighted by Gasteiger charge is 2.21. The molecule has 0 bridgehead atoms. The summed E-state index contributed by atoms with van der Waals surface area (Å²) in [6, 6.07) is 24.3. The van der Waals surface area contributed by atoms with Gasteiger partial charge in [-0.25, -0.2) is 13.2 Å². The minimum atomic E-state index is -3.27. The minimum absolute atomic E-state index is 0.200. The molecular weight excluding hydrogens is 450 g/mol. The number of hydrogen-bond acceptors (Lipinski definition) is 6. The van der Waals surface area contributed by atoms with Gasteiger partial charge in [0.1, 0.15) is 6.61 Å². The fraction of sp³-hybridized carbons (Fsp3) is 0.185. The summed E-state index contributed by atoms with van der Waals surface area (Å²) in [5, 5.41) is 4.17. The van der Waals surface area contributed by atoms with Gasteiger partial charge in [-0.15, -0.1) is 0 Å². The Bertz CT molecular complexity index is 1330. The predicted octanol–water partition coefficient (Wildman–Crippen LogP) is 4.69. The molecule has 4 rings (SSSR count). The average molecular weight is 476 g/mol. The van der Waals surface area contributed by atoms with Crippen LogP contribution in [0.4, 0.5) is 0 Å². The molecule has 7 heteroatoms. The predicted molar refractivity (Wildman–Crippen MR) is 132 cm³/mol. The van der Waals surface area contributed by atoms with Crippen molar-refractivity contribution in [1.82, 2.24) is 0 Å². The SMILES string of the molecule is CS(=O)(=O)c1ccc(C=C2/C(=N/OC(=O)COCc3ccccc3)CCc3ccccc32)cc1. The molecule has 34 heavy (non-hydrogen) atoms. The Labute approximate surface area is 199 Å². The summed E-state index contributed by atoms with van der Waals surface area (Å²) in [6.45, 7) is 0.114. The summed E-state index contributed by atoms with van der Waals surface area (Å²) in [5.74, 6) is -0.570. The van der Waals surface area contributed by atoms with Crippen molar-refractivity contribution in [3.8, 4) is 0 Å². The number of carbonyl (C=O) groups excluding carboxylic acids is 1. The van der Waals surface area contributed by atoms with E-state index in [0.29, 0.717) is 18.7 Å². The molecule has 0 N–H and O–H groups in total. The van der Waals surface area contributed by atoms with Crippen molar-refractivity contribution in [2.24, 2.45) is 5.16 Å². The molecule has 0 aliphatic heterocycles. The van der Waals surface area contributed by atoms with Gasteiger partial charge < -0.3 is 9.57 Å². The molecule has 1 aliphatic rings. The minimum Gasteiger partial charge on any atom is -0.365 e. The van der Waals surface area contributed by atoms with E-state index in [4.69, 9.17) is 9.57 Å². The van der Waals surface area contributed by atoms with Crippen molar-refractivity contribution in [2.45, 2.75) is 24.3 Å².